The summed E-state index contributed by atoms with van der Waals surface area (Å²) >= 11 is 0. The van der Waals surface area contributed by atoms with Crippen LogP contribution in [0.25, 0.3) is 11.0 Å². The van der Waals surface area contributed by atoms with E-state index in [-0.39, 0.29) is 24.0 Å². The Balaban J connectivity index is 1.55. The minimum Gasteiger partial charge on any atom is -0.356 e. The lowest BCUT2D eigenvalue weighted by Crippen LogP contribution is -2.28. The number of carbonyl (C=O) groups excluding carboxylic acids is 1. The van der Waals surface area contributed by atoms with Gasteiger partial charge in [-0.05, 0) is 19.1 Å². The van der Waals surface area contributed by atoms with E-state index in [2.05, 4.69) is 21.8 Å². The number of benzene rings is 1. The molecule has 0 radical (unpaired) electrons. The molecular formula is C17H21N3O3S. The lowest BCUT2D eigenvalue weighted by Gasteiger charge is -2.09. The van der Waals surface area contributed by atoms with E-state index in [0.717, 1.165) is 23.4 Å². The summed E-state index contributed by atoms with van der Waals surface area (Å²) in [6, 6.07) is 7.98. The Kier molecular flexibility index (Phi) is 4.71. The number of sulfone groups is 1. The highest BCUT2D eigenvalue weighted by molar-refractivity contribution is 7.94. The van der Waals surface area contributed by atoms with E-state index in [1.807, 2.05) is 24.3 Å². The SMILES string of the molecule is CCn1c(CCNC(=O)C[C@H]2C=CS(=O)(=O)C2)nc2ccccc21. The largest absolute Gasteiger partial charge is 0.356 e. The third kappa shape index (κ3) is 3.67. The Morgan fingerprint density at radius 2 is 2.17 bits per heavy atom. The van der Waals surface area contributed by atoms with E-state index in [1.54, 1.807) is 6.08 Å². The first-order chi connectivity index (χ1) is 11.5. The predicted molar refractivity (Wildman–Crippen MR) is 93.2 cm³/mol. The molecule has 2 aromatic rings. The second kappa shape index (κ2) is 6.76. The smallest absolute Gasteiger partial charge is 0.220 e. The Bertz CT molecular complexity index is 884. The molecule has 7 heteroatoms. The number of carbonyl (C=O) groups is 1. The van der Waals surface area contributed by atoms with E-state index < -0.39 is 9.84 Å². The van der Waals surface area contributed by atoms with Gasteiger partial charge >= 0.3 is 0 Å². The van der Waals surface area contributed by atoms with Crippen LogP contribution in [-0.2, 0) is 27.6 Å². The quantitative estimate of drug-likeness (QED) is 0.862. The first-order valence-electron chi connectivity index (χ1n) is 8.10. The maximum Gasteiger partial charge on any atom is 0.220 e. The van der Waals surface area contributed by atoms with Gasteiger partial charge < -0.3 is 9.88 Å². The zero-order chi connectivity index (χ0) is 17.2. The van der Waals surface area contributed by atoms with E-state index in [9.17, 15) is 13.2 Å². The summed E-state index contributed by atoms with van der Waals surface area (Å²) in [5, 5.41) is 4.06. The van der Waals surface area contributed by atoms with Crippen molar-refractivity contribution < 1.29 is 13.2 Å². The van der Waals surface area contributed by atoms with Gasteiger partial charge in [-0.25, -0.2) is 13.4 Å². The van der Waals surface area contributed by atoms with Crippen molar-refractivity contribution in [2.45, 2.75) is 26.3 Å². The summed E-state index contributed by atoms with van der Waals surface area (Å²) in [5.74, 6) is 0.643. The third-order valence-corrected chi connectivity index (χ3v) is 5.64. The fourth-order valence-corrected chi connectivity index (χ4v) is 4.46. The molecule has 3 rings (SSSR count). The van der Waals surface area contributed by atoms with Gasteiger partial charge in [0.2, 0.25) is 5.91 Å². The molecule has 2 heterocycles. The van der Waals surface area contributed by atoms with Gasteiger partial charge in [0.25, 0.3) is 0 Å². The van der Waals surface area contributed by atoms with Crippen LogP contribution in [0.15, 0.2) is 35.7 Å². The molecule has 24 heavy (non-hydrogen) atoms. The Hall–Kier alpha value is -2.15. The minimum absolute atomic E-state index is 0.0338. The molecule has 1 amide bonds. The molecule has 1 atom stereocenters. The van der Waals surface area contributed by atoms with Gasteiger partial charge in [-0.3, -0.25) is 4.79 Å². The van der Waals surface area contributed by atoms with E-state index in [1.165, 1.54) is 5.41 Å². The first kappa shape index (κ1) is 16.7. The number of allylic oxidation sites excluding steroid dienone is 1. The Labute approximate surface area is 141 Å². The number of amides is 1. The van der Waals surface area contributed by atoms with Crippen molar-refractivity contribution in [3.8, 4) is 0 Å². The summed E-state index contributed by atoms with van der Waals surface area (Å²) in [5.41, 5.74) is 2.06. The summed E-state index contributed by atoms with van der Waals surface area (Å²) in [6.45, 7) is 3.39. The van der Waals surface area contributed by atoms with Crippen molar-refractivity contribution >= 4 is 26.8 Å². The average Bonchev–Trinajstić information content (AvgIpc) is 3.06. The van der Waals surface area contributed by atoms with Crippen molar-refractivity contribution in [2.24, 2.45) is 5.92 Å². The van der Waals surface area contributed by atoms with E-state index in [0.29, 0.717) is 13.0 Å². The maximum atomic E-state index is 12.0. The minimum atomic E-state index is -3.10. The van der Waals surface area contributed by atoms with Gasteiger partial charge in [0.05, 0.1) is 16.8 Å². The molecule has 1 aliphatic rings. The number of para-hydroxylation sites is 2. The third-order valence-electron chi connectivity index (χ3n) is 4.17. The van der Waals surface area contributed by atoms with Gasteiger partial charge in [0.15, 0.2) is 9.84 Å². The highest BCUT2D eigenvalue weighted by Gasteiger charge is 2.23. The fraction of sp³-hybridized carbons (Fsp3) is 0.412. The predicted octanol–water partition coefficient (Wildman–Crippen LogP) is 1.66. The molecule has 128 valence electrons. The Morgan fingerprint density at radius 1 is 1.38 bits per heavy atom. The molecule has 0 unspecified atom stereocenters. The zero-order valence-electron chi connectivity index (χ0n) is 13.6. The summed E-state index contributed by atoms with van der Waals surface area (Å²) < 4.78 is 24.8. The van der Waals surface area contributed by atoms with Crippen molar-refractivity contribution in [1.82, 2.24) is 14.9 Å². The topological polar surface area (TPSA) is 81.1 Å². The zero-order valence-corrected chi connectivity index (χ0v) is 14.4. The molecule has 0 bridgehead atoms. The normalized spacial score (nSPS) is 19.0. The molecule has 0 aliphatic carbocycles. The molecular weight excluding hydrogens is 326 g/mol. The number of fused-ring (bicyclic) bond motifs is 1. The summed E-state index contributed by atoms with van der Waals surface area (Å²) in [4.78, 5) is 16.6. The van der Waals surface area contributed by atoms with Crippen LogP contribution >= 0.6 is 0 Å². The standard InChI is InChI=1S/C17H21N3O3S/c1-2-20-15-6-4-3-5-14(15)19-16(20)7-9-18-17(21)11-13-8-10-24(22,23)12-13/h3-6,8,10,13H,2,7,9,11-12H2,1H3,(H,18,21)/t13-/m1/s1. The number of hydrogen-bond donors (Lipinski definition) is 1. The molecule has 0 spiro atoms. The summed E-state index contributed by atoms with van der Waals surface area (Å²) in [7, 11) is -3.10. The molecule has 0 saturated carbocycles. The number of aryl methyl sites for hydroxylation is 1. The lowest BCUT2D eigenvalue weighted by atomic mass is 10.1. The summed E-state index contributed by atoms with van der Waals surface area (Å²) in [6.07, 6.45) is 2.46. The number of hydrogen-bond acceptors (Lipinski definition) is 4. The highest BCUT2D eigenvalue weighted by atomic mass is 32.2. The van der Waals surface area contributed by atoms with Crippen LogP contribution in [0.2, 0.25) is 0 Å². The fourth-order valence-electron chi connectivity index (χ4n) is 3.06. The van der Waals surface area contributed by atoms with E-state index >= 15 is 0 Å². The van der Waals surface area contributed by atoms with Crippen LogP contribution in [0.3, 0.4) is 0 Å². The van der Waals surface area contributed by atoms with Crippen LogP contribution in [0.5, 0.6) is 0 Å². The number of aromatic nitrogens is 2. The number of nitrogens with one attached hydrogen (secondary N) is 1. The van der Waals surface area contributed by atoms with Crippen LogP contribution < -0.4 is 5.32 Å². The average molecular weight is 347 g/mol. The van der Waals surface area contributed by atoms with Gasteiger partial charge in [-0.2, -0.15) is 0 Å². The Morgan fingerprint density at radius 3 is 2.88 bits per heavy atom. The van der Waals surface area contributed by atoms with E-state index in [4.69, 9.17) is 0 Å². The molecule has 1 aliphatic heterocycles. The van der Waals surface area contributed by atoms with Crippen LogP contribution in [-0.4, -0.2) is 36.2 Å². The molecule has 0 fully saturated rings. The number of nitrogens with zero attached hydrogens (tertiary/aromatic N) is 2. The number of rotatable bonds is 6. The van der Waals surface area contributed by atoms with Crippen LogP contribution in [0.4, 0.5) is 0 Å². The van der Waals surface area contributed by atoms with Crippen molar-refractivity contribution in [3.63, 3.8) is 0 Å². The first-order valence-corrected chi connectivity index (χ1v) is 9.82. The maximum absolute atomic E-state index is 12.0. The molecule has 6 nitrogen and oxygen atoms in total. The van der Waals surface area contributed by atoms with Crippen molar-refractivity contribution in [2.75, 3.05) is 12.3 Å². The van der Waals surface area contributed by atoms with Gasteiger partial charge in [-0.1, -0.05) is 18.2 Å². The second-order valence-electron chi connectivity index (χ2n) is 5.98. The monoisotopic (exact) mass is 347 g/mol. The number of imidazole rings is 1. The van der Waals surface area contributed by atoms with Gasteiger partial charge in [-0.15, -0.1) is 0 Å². The van der Waals surface area contributed by atoms with Gasteiger partial charge in [0, 0.05) is 37.3 Å². The van der Waals surface area contributed by atoms with Gasteiger partial charge in [0.1, 0.15) is 5.82 Å². The van der Waals surface area contributed by atoms with Crippen LogP contribution in [0, 0.1) is 5.92 Å². The second-order valence-corrected chi connectivity index (χ2v) is 7.91. The van der Waals surface area contributed by atoms with Crippen molar-refractivity contribution in [3.05, 3.63) is 41.6 Å². The molecule has 1 N–H and O–H groups in total. The molecule has 0 saturated heterocycles. The van der Waals surface area contributed by atoms with Crippen LogP contribution in [0.1, 0.15) is 19.2 Å². The molecule has 1 aromatic heterocycles. The van der Waals surface area contributed by atoms with Crippen molar-refractivity contribution in [1.29, 1.82) is 0 Å². The highest BCUT2D eigenvalue weighted by Crippen LogP contribution is 2.18. The lowest BCUT2D eigenvalue weighted by molar-refractivity contribution is -0.121. The molecule has 1 aromatic carbocycles.